The van der Waals surface area contributed by atoms with Crippen molar-refractivity contribution in [3.63, 3.8) is 0 Å². The summed E-state index contributed by atoms with van der Waals surface area (Å²) in [6, 6.07) is 0.550. The maximum absolute atomic E-state index is 12.2. The number of rotatable bonds is 1. The molecule has 1 amide bonds. The monoisotopic (exact) mass is 268 g/mol. The number of ether oxygens (including phenoxy) is 1. The summed E-state index contributed by atoms with van der Waals surface area (Å²) in [4.78, 5) is 14.2. The minimum atomic E-state index is -0.403. The average Bonchev–Trinajstić information content (AvgIpc) is 2.76. The number of carbonyl (C=O) groups excluding carboxylic acids is 1. The second kappa shape index (κ2) is 5.31. The van der Waals surface area contributed by atoms with E-state index in [-0.39, 0.29) is 11.5 Å². The number of hydrogen-bond acceptors (Lipinski definition) is 3. The van der Waals surface area contributed by atoms with Crippen molar-refractivity contribution in [3.8, 4) is 0 Å². The molecule has 0 aromatic carbocycles. The third-order valence-electron chi connectivity index (χ3n) is 4.53. The molecule has 1 heterocycles. The minimum Gasteiger partial charge on any atom is -0.444 e. The van der Waals surface area contributed by atoms with Gasteiger partial charge in [-0.15, -0.1) is 0 Å². The van der Waals surface area contributed by atoms with Gasteiger partial charge in [-0.05, 0) is 47.1 Å². The topological polar surface area (TPSA) is 41.6 Å². The fourth-order valence-corrected chi connectivity index (χ4v) is 3.68. The van der Waals surface area contributed by atoms with Crippen LogP contribution in [0.15, 0.2) is 0 Å². The molecule has 110 valence electrons. The Bertz CT molecular complexity index is 330. The van der Waals surface area contributed by atoms with E-state index in [1.54, 1.807) is 0 Å². The molecule has 1 N–H and O–H groups in total. The smallest absolute Gasteiger partial charge is 0.410 e. The van der Waals surface area contributed by atoms with E-state index in [0.29, 0.717) is 6.04 Å². The summed E-state index contributed by atoms with van der Waals surface area (Å²) >= 11 is 0. The minimum absolute atomic E-state index is 0.145. The lowest BCUT2D eigenvalue weighted by molar-refractivity contribution is -0.00289. The molecular weight excluding hydrogens is 240 g/mol. The zero-order valence-corrected chi connectivity index (χ0v) is 12.8. The van der Waals surface area contributed by atoms with Gasteiger partial charge in [0.25, 0.3) is 0 Å². The third kappa shape index (κ3) is 3.22. The van der Waals surface area contributed by atoms with Crippen LogP contribution in [-0.2, 0) is 4.74 Å². The standard InChI is InChI=1S/C15H28N2O2/c1-14(2,3)19-13(18)17-10-7-12(16-4)15(11-17)8-5-6-9-15/h12,16H,5-11H2,1-4H3. The maximum Gasteiger partial charge on any atom is 0.410 e. The molecule has 2 fully saturated rings. The van der Waals surface area contributed by atoms with Crippen molar-refractivity contribution in [3.05, 3.63) is 0 Å². The van der Waals surface area contributed by atoms with Gasteiger partial charge >= 0.3 is 6.09 Å². The fraction of sp³-hybridized carbons (Fsp3) is 0.933. The van der Waals surface area contributed by atoms with Crippen LogP contribution >= 0.6 is 0 Å². The van der Waals surface area contributed by atoms with E-state index in [9.17, 15) is 4.79 Å². The average molecular weight is 268 g/mol. The zero-order chi connectivity index (χ0) is 14.1. The predicted molar refractivity (Wildman–Crippen MR) is 76.2 cm³/mol. The molecule has 19 heavy (non-hydrogen) atoms. The third-order valence-corrected chi connectivity index (χ3v) is 4.53. The Balaban J connectivity index is 2.04. The number of piperidine rings is 1. The molecule has 1 aliphatic carbocycles. The first-order valence-corrected chi connectivity index (χ1v) is 7.51. The molecule has 1 atom stereocenters. The van der Waals surface area contributed by atoms with Crippen molar-refractivity contribution in [1.29, 1.82) is 0 Å². The second-order valence-electron chi connectivity index (χ2n) is 7.10. The van der Waals surface area contributed by atoms with E-state index in [1.165, 1.54) is 25.7 Å². The number of nitrogens with zero attached hydrogens (tertiary/aromatic N) is 1. The quantitative estimate of drug-likeness (QED) is 0.795. The van der Waals surface area contributed by atoms with E-state index < -0.39 is 5.60 Å². The van der Waals surface area contributed by atoms with Gasteiger partial charge in [0.1, 0.15) is 5.60 Å². The fourth-order valence-electron chi connectivity index (χ4n) is 3.68. The van der Waals surface area contributed by atoms with Gasteiger partial charge in [-0.2, -0.15) is 0 Å². The van der Waals surface area contributed by atoms with Gasteiger partial charge in [-0.1, -0.05) is 12.8 Å². The first-order valence-electron chi connectivity index (χ1n) is 7.51. The Morgan fingerprint density at radius 2 is 1.95 bits per heavy atom. The molecule has 2 rings (SSSR count). The molecule has 2 aliphatic rings. The summed E-state index contributed by atoms with van der Waals surface area (Å²) in [7, 11) is 2.05. The Hall–Kier alpha value is -0.770. The summed E-state index contributed by atoms with van der Waals surface area (Å²) in [5, 5.41) is 3.47. The van der Waals surface area contributed by atoms with E-state index >= 15 is 0 Å². The highest BCUT2D eigenvalue weighted by atomic mass is 16.6. The van der Waals surface area contributed by atoms with Crippen LogP contribution in [0.3, 0.4) is 0 Å². The van der Waals surface area contributed by atoms with E-state index in [2.05, 4.69) is 5.32 Å². The number of amides is 1. The van der Waals surface area contributed by atoms with Gasteiger partial charge in [0.05, 0.1) is 0 Å². The molecule has 0 aromatic heterocycles. The zero-order valence-electron chi connectivity index (χ0n) is 12.8. The van der Waals surface area contributed by atoms with Gasteiger partial charge in [-0.3, -0.25) is 0 Å². The molecule has 4 heteroatoms. The summed E-state index contributed by atoms with van der Waals surface area (Å²) in [6.45, 7) is 7.44. The van der Waals surface area contributed by atoms with Gasteiger partial charge in [0, 0.05) is 24.5 Å². The van der Waals surface area contributed by atoms with Gasteiger partial charge in [-0.25, -0.2) is 4.79 Å². The maximum atomic E-state index is 12.2. The molecule has 1 saturated heterocycles. The van der Waals surface area contributed by atoms with Crippen molar-refractivity contribution in [2.75, 3.05) is 20.1 Å². The number of nitrogens with one attached hydrogen (secondary N) is 1. The SMILES string of the molecule is CNC1CCN(C(=O)OC(C)(C)C)CC12CCCC2. The van der Waals surface area contributed by atoms with Crippen LogP contribution in [0, 0.1) is 5.41 Å². The first-order chi connectivity index (χ1) is 8.86. The number of likely N-dealkylation sites (tertiary alicyclic amines) is 1. The summed E-state index contributed by atoms with van der Waals surface area (Å²) in [5.41, 5.74) is -0.121. The van der Waals surface area contributed by atoms with E-state index in [4.69, 9.17) is 4.74 Å². The highest BCUT2D eigenvalue weighted by molar-refractivity contribution is 5.68. The molecule has 0 bridgehead atoms. The lowest BCUT2D eigenvalue weighted by atomic mass is 9.74. The molecule has 1 spiro atoms. The lowest BCUT2D eigenvalue weighted by Gasteiger charge is -2.46. The highest BCUT2D eigenvalue weighted by Crippen LogP contribution is 2.45. The summed E-state index contributed by atoms with van der Waals surface area (Å²) in [5.74, 6) is 0. The first kappa shape index (κ1) is 14.6. The van der Waals surface area contributed by atoms with Crippen LogP contribution < -0.4 is 5.32 Å². The van der Waals surface area contributed by atoms with Crippen LogP contribution in [0.5, 0.6) is 0 Å². The van der Waals surface area contributed by atoms with Crippen molar-refractivity contribution < 1.29 is 9.53 Å². The normalized spacial score (nSPS) is 26.7. The Morgan fingerprint density at radius 3 is 2.47 bits per heavy atom. The molecule has 1 saturated carbocycles. The number of carbonyl (C=O) groups is 1. The lowest BCUT2D eigenvalue weighted by Crippen LogP contribution is -2.57. The largest absolute Gasteiger partial charge is 0.444 e. The Labute approximate surface area is 116 Å². The molecule has 1 unspecified atom stereocenters. The van der Waals surface area contributed by atoms with Gasteiger partial charge < -0.3 is 15.0 Å². The molecular formula is C15H28N2O2. The van der Waals surface area contributed by atoms with Crippen LogP contribution in [0.4, 0.5) is 4.79 Å². The van der Waals surface area contributed by atoms with Gasteiger partial charge in [0.15, 0.2) is 0 Å². The summed E-state index contributed by atoms with van der Waals surface area (Å²) < 4.78 is 5.52. The number of hydrogen-bond donors (Lipinski definition) is 1. The Kier molecular flexibility index (Phi) is 4.09. The highest BCUT2D eigenvalue weighted by Gasteiger charge is 2.46. The van der Waals surface area contributed by atoms with E-state index in [1.807, 2.05) is 32.7 Å². The van der Waals surface area contributed by atoms with Crippen molar-refractivity contribution in [2.24, 2.45) is 5.41 Å². The summed E-state index contributed by atoms with van der Waals surface area (Å²) in [6.07, 6.45) is 5.94. The van der Waals surface area contributed by atoms with Crippen molar-refractivity contribution in [1.82, 2.24) is 10.2 Å². The van der Waals surface area contributed by atoms with Crippen LogP contribution in [0.25, 0.3) is 0 Å². The Morgan fingerprint density at radius 1 is 1.32 bits per heavy atom. The van der Waals surface area contributed by atoms with Gasteiger partial charge in [0.2, 0.25) is 0 Å². The molecule has 4 nitrogen and oxygen atoms in total. The van der Waals surface area contributed by atoms with Crippen molar-refractivity contribution >= 4 is 6.09 Å². The molecule has 1 aliphatic heterocycles. The van der Waals surface area contributed by atoms with Crippen LogP contribution in [0.2, 0.25) is 0 Å². The van der Waals surface area contributed by atoms with Crippen LogP contribution in [0.1, 0.15) is 52.9 Å². The predicted octanol–water partition coefficient (Wildman–Crippen LogP) is 2.78. The van der Waals surface area contributed by atoms with E-state index in [0.717, 1.165) is 19.5 Å². The van der Waals surface area contributed by atoms with Crippen molar-refractivity contribution in [2.45, 2.75) is 64.5 Å². The molecule has 0 radical (unpaired) electrons. The molecule has 0 aromatic rings. The second-order valence-corrected chi connectivity index (χ2v) is 7.10. The van der Waals surface area contributed by atoms with Crippen LogP contribution in [-0.4, -0.2) is 42.8 Å².